The van der Waals surface area contributed by atoms with E-state index in [1.165, 1.54) is 10.4 Å². The number of hydrogen-bond donors (Lipinski definition) is 1. The van der Waals surface area contributed by atoms with Crippen molar-refractivity contribution in [1.29, 1.82) is 0 Å². The number of aliphatic imine (C=N–C) groups is 1. The van der Waals surface area contributed by atoms with Gasteiger partial charge in [0.25, 0.3) is 0 Å². The Morgan fingerprint density at radius 2 is 2.17 bits per heavy atom. The number of nitrogens with zero attached hydrogens (tertiary/aromatic N) is 3. The molecule has 0 aliphatic carbocycles. The Labute approximate surface area is 147 Å². The minimum absolute atomic E-state index is 0.739. The smallest absolute Gasteiger partial charge is 0.193 e. The topological polar surface area (TPSA) is 40.5 Å². The number of halogens is 1. The molecule has 2 heterocycles. The van der Waals surface area contributed by atoms with Gasteiger partial charge in [-0.2, -0.15) is 0 Å². The van der Waals surface area contributed by atoms with E-state index in [9.17, 15) is 0 Å². The van der Waals surface area contributed by atoms with Crippen molar-refractivity contribution in [1.82, 2.24) is 15.2 Å². The molecule has 0 spiro atoms. The van der Waals surface area contributed by atoms with Crippen LogP contribution < -0.4 is 5.32 Å². The van der Waals surface area contributed by atoms with Crippen molar-refractivity contribution >= 4 is 28.9 Å². The number of nitrogens with one attached hydrogen (secondary N) is 1. The van der Waals surface area contributed by atoms with E-state index < -0.39 is 0 Å². The van der Waals surface area contributed by atoms with Gasteiger partial charge < -0.3 is 10.2 Å². The van der Waals surface area contributed by atoms with Gasteiger partial charge in [-0.15, -0.1) is 11.3 Å². The first-order chi connectivity index (χ1) is 11.1. The van der Waals surface area contributed by atoms with Gasteiger partial charge in [0.05, 0.1) is 10.9 Å². The summed E-state index contributed by atoms with van der Waals surface area (Å²) in [4.78, 5) is 12.4. The van der Waals surface area contributed by atoms with E-state index in [1.54, 1.807) is 11.3 Å². The second kappa shape index (κ2) is 8.89. The Hall–Kier alpha value is -1.59. The fourth-order valence-electron chi connectivity index (χ4n) is 2.15. The summed E-state index contributed by atoms with van der Waals surface area (Å²) < 4.78 is 0.821. The molecule has 1 N–H and O–H groups in total. The summed E-state index contributed by atoms with van der Waals surface area (Å²) in [5.41, 5.74) is 2.25. The molecule has 0 atom stereocenters. The van der Waals surface area contributed by atoms with E-state index in [4.69, 9.17) is 16.6 Å². The molecule has 0 fully saturated rings. The molecule has 4 nitrogen and oxygen atoms in total. The van der Waals surface area contributed by atoms with Crippen molar-refractivity contribution in [3.05, 3.63) is 50.9 Å². The van der Waals surface area contributed by atoms with Crippen LogP contribution in [0.2, 0.25) is 4.34 Å². The van der Waals surface area contributed by atoms with Crippen LogP contribution in [0.3, 0.4) is 0 Å². The average molecular weight is 351 g/mol. The summed E-state index contributed by atoms with van der Waals surface area (Å²) in [5, 5.41) is 3.34. The molecular formula is C17H23ClN4S. The molecule has 0 aliphatic heterocycles. The maximum absolute atomic E-state index is 6.00. The summed E-state index contributed by atoms with van der Waals surface area (Å²) in [5.74, 6) is 0.914. The van der Waals surface area contributed by atoms with E-state index in [0.717, 1.165) is 42.0 Å². The fourth-order valence-corrected chi connectivity index (χ4v) is 3.29. The van der Waals surface area contributed by atoms with Crippen molar-refractivity contribution < 1.29 is 0 Å². The van der Waals surface area contributed by atoms with Crippen LogP contribution in [0.25, 0.3) is 0 Å². The molecule has 124 valence electrons. The zero-order chi connectivity index (χ0) is 16.7. The molecule has 0 unspecified atom stereocenters. The molecule has 0 saturated carbocycles. The van der Waals surface area contributed by atoms with Crippen molar-refractivity contribution in [2.45, 2.75) is 26.8 Å². The van der Waals surface area contributed by atoms with Gasteiger partial charge in [0.15, 0.2) is 5.96 Å². The first kappa shape index (κ1) is 17.8. The van der Waals surface area contributed by atoms with Crippen molar-refractivity contribution in [2.75, 3.05) is 20.1 Å². The second-order valence-electron chi connectivity index (χ2n) is 5.36. The van der Waals surface area contributed by atoms with Crippen LogP contribution in [0.4, 0.5) is 0 Å². The lowest BCUT2D eigenvalue weighted by Gasteiger charge is -2.21. The molecule has 0 amide bonds. The largest absolute Gasteiger partial charge is 0.357 e. The molecule has 0 aromatic carbocycles. The van der Waals surface area contributed by atoms with Crippen molar-refractivity contribution in [3.63, 3.8) is 0 Å². The second-order valence-corrected chi connectivity index (χ2v) is 7.16. The standard InChI is InChI=1S/C17H23ClN4S/c1-4-19-17(22(3)12-15-7-8-16(18)23-15)20-10-9-14-6-5-13(2)21-11-14/h5-8,11H,4,9-10,12H2,1-3H3,(H,19,20). The Bertz CT molecular complexity index is 636. The summed E-state index contributed by atoms with van der Waals surface area (Å²) in [7, 11) is 2.04. The highest BCUT2D eigenvalue weighted by atomic mass is 35.5. The quantitative estimate of drug-likeness (QED) is 0.637. The van der Waals surface area contributed by atoms with Gasteiger partial charge in [-0.05, 0) is 44.0 Å². The van der Waals surface area contributed by atoms with Crippen LogP contribution in [-0.2, 0) is 13.0 Å². The molecule has 0 radical (unpaired) electrons. The minimum Gasteiger partial charge on any atom is -0.357 e. The van der Waals surface area contributed by atoms with Crippen LogP contribution in [0.5, 0.6) is 0 Å². The van der Waals surface area contributed by atoms with Crippen molar-refractivity contribution in [3.8, 4) is 0 Å². The third-order valence-corrected chi connectivity index (χ3v) is 4.57. The lowest BCUT2D eigenvalue weighted by Crippen LogP contribution is -2.38. The van der Waals surface area contributed by atoms with Gasteiger partial charge in [-0.25, -0.2) is 0 Å². The van der Waals surface area contributed by atoms with Crippen LogP contribution in [0.15, 0.2) is 35.5 Å². The molecule has 2 aromatic heterocycles. The monoisotopic (exact) mass is 350 g/mol. The number of aryl methyl sites for hydroxylation is 1. The third-order valence-electron chi connectivity index (χ3n) is 3.35. The first-order valence-electron chi connectivity index (χ1n) is 7.73. The van der Waals surface area contributed by atoms with Crippen LogP contribution in [0, 0.1) is 6.92 Å². The number of thiophene rings is 1. The predicted molar refractivity (Wildman–Crippen MR) is 99.5 cm³/mol. The number of pyridine rings is 1. The molecule has 23 heavy (non-hydrogen) atoms. The molecule has 2 rings (SSSR count). The van der Waals surface area contributed by atoms with E-state index >= 15 is 0 Å². The fraction of sp³-hybridized carbons (Fsp3) is 0.412. The first-order valence-corrected chi connectivity index (χ1v) is 8.93. The Morgan fingerprint density at radius 1 is 1.35 bits per heavy atom. The Kier molecular flexibility index (Phi) is 6.86. The number of rotatable bonds is 6. The van der Waals surface area contributed by atoms with Gasteiger partial charge in [0.2, 0.25) is 0 Å². The van der Waals surface area contributed by atoms with Gasteiger partial charge >= 0.3 is 0 Å². The lowest BCUT2D eigenvalue weighted by atomic mass is 10.2. The van der Waals surface area contributed by atoms with Gasteiger partial charge in [-0.3, -0.25) is 9.98 Å². The van der Waals surface area contributed by atoms with Gasteiger partial charge in [0, 0.05) is 36.9 Å². The van der Waals surface area contributed by atoms with Gasteiger partial charge in [-0.1, -0.05) is 17.7 Å². The maximum Gasteiger partial charge on any atom is 0.193 e. The molecular weight excluding hydrogens is 328 g/mol. The SMILES string of the molecule is CCNC(=NCCc1ccc(C)nc1)N(C)Cc1ccc(Cl)s1. The maximum atomic E-state index is 6.00. The summed E-state index contributed by atoms with van der Waals surface area (Å²) >= 11 is 7.60. The Balaban J connectivity index is 1.94. The van der Waals surface area contributed by atoms with E-state index in [-0.39, 0.29) is 0 Å². The van der Waals surface area contributed by atoms with E-state index in [2.05, 4.69) is 34.3 Å². The van der Waals surface area contributed by atoms with E-state index in [1.807, 2.05) is 32.3 Å². The van der Waals surface area contributed by atoms with Gasteiger partial charge in [0.1, 0.15) is 0 Å². The summed E-state index contributed by atoms with van der Waals surface area (Å²) in [6, 6.07) is 8.15. The zero-order valence-electron chi connectivity index (χ0n) is 13.8. The molecule has 0 bridgehead atoms. The zero-order valence-corrected chi connectivity index (χ0v) is 15.4. The molecule has 6 heteroatoms. The number of aromatic nitrogens is 1. The van der Waals surface area contributed by atoms with E-state index in [0.29, 0.717) is 0 Å². The summed E-state index contributed by atoms with van der Waals surface area (Å²) in [6.07, 6.45) is 2.82. The average Bonchev–Trinajstić information content (AvgIpc) is 2.93. The highest BCUT2D eigenvalue weighted by molar-refractivity contribution is 7.16. The number of guanidine groups is 1. The van der Waals surface area contributed by atoms with Crippen LogP contribution >= 0.6 is 22.9 Å². The number of hydrogen-bond acceptors (Lipinski definition) is 3. The normalized spacial score (nSPS) is 11.6. The molecule has 0 aliphatic rings. The summed E-state index contributed by atoms with van der Waals surface area (Å²) in [6.45, 7) is 6.46. The predicted octanol–water partition coefficient (Wildman–Crippen LogP) is 3.74. The minimum atomic E-state index is 0.739. The third kappa shape index (κ3) is 5.84. The highest BCUT2D eigenvalue weighted by Crippen LogP contribution is 2.22. The van der Waals surface area contributed by atoms with Crippen LogP contribution in [-0.4, -0.2) is 36.0 Å². The van der Waals surface area contributed by atoms with Crippen LogP contribution in [0.1, 0.15) is 23.1 Å². The lowest BCUT2D eigenvalue weighted by molar-refractivity contribution is 0.481. The Morgan fingerprint density at radius 3 is 2.78 bits per heavy atom. The highest BCUT2D eigenvalue weighted by Gasteiger charge is 2.08. The molecule has 0 saturated heterocycles. The molecule has 2 aromatic rings. The van der Waals surface area contributed by atoms with Crippen molar-refractivity contribution in [2.24, 2.45) is 4.99 Å².